The zero-order valence-electron chi connectivity index (χ0n) is 13.5. The molecule has 0 aliphatic carbocycles. The van der Waals surface area contributed by atoms with Gasteiger partial charge in [0, 0.05) is 0 Å². The van der Waals surface area contributed by atoms with Crippen LogP contribution in [0.25, 0.3) is 0 Å². The second-order valence-electron chi connectivity index (χ2n) is 5.53. The molecule has 24 heavy (non-hydrogen) atoms. The molecule has 1 fully saturated rings. The van der Waals surface area contributed by atoms with Crippen LogP contribution in [-0.4, -0.2) is 22.5 Å². The van der Waals surface area contributed by atoms with Crippen molar-refractivity contribution in [3.8, 4) is 0 Å². The summed E-state index contributed by atoms with van der Waals surface area (Å²) in [5, 5.41) is 11.4. The number of carbonyl (C=O) groups is 1. The monoisotopic (exact) mass is 337 g/mol. The van der Waals surface area contributed by atoms with Crippen LogP contribution in [0.1, 0.15) is 23.6 Å². The highest BCUT2D eigenvalue weighted by Gasteiger charge is 2.30. The number of carbonyl (C=O) groups excluding carboxylic acids is 1. The average Bonchev–Trinajstić information content (AvgIpc) is 2.96. The quantitative estimate of drug-likeness (QED) is 0.671. The summed E-state index contributed by atoms with van der Waals surface area (Å²) in [5.41, 5.74) is 3.44. The van der Waals surface area contributed by atoms with Gasteiger partial charge in [-0.3, -0.25) is 4.79 Å². The van der Waals surface area contributed by atoms with Crippen LogP contribution in [0.4, 0.5) is 0 Å². The minimum atomic E-state index is -0.150. The van der Waals surface area contributed by atoms with E-state index in [1.54, 1.807) is 6.21 Å². The Morgan fingerprint density at radius 1 is 1.08 bits per heavy atom. The lowest BCUT2D eigenvalue weighted by molar-refractivity contribution is -0.118. The first-order chi connectivity index (χ1) is 11.7. The number of nitrogens with one attached hydrogen (secondary N) is 1. The van der Waals surface area contributed by atoms with Crippen LogP contribution in [0.5, 0.6) is 0 Å². The second-order valence-corrected chi connectivity index (χ2v) is 6.72. The molecule has 5 heteroatoms. The molecular weight excluding hydrogens is 318 g/mol. The predicted octanol–water partition coefficient (Wildman–Crippen LogP) is 3.41. The Morgan fingerprint density at radius 2 is 1.79 bits per heavy atom. The molecule has 1 unspecified atom stereocenters. The fraction of sp³-hybridized carbons (Fsp3) is 0.211. The van der Waals surface area contributed by atoms with Gasteiger partial charge in [-0.25, -0.2) is 0 Å². The van der Waals surface area contributed by atoms with Crippen molar-refractivity contribution in [3.63, 3.8) is 0 Å². The van der Waals surface area contributed by atoms with Gasteiger partial charge in [0.15, 0.2) is 5.17 Å². The molecule has 4 nitrogen and oxygen atoms in total. The molecule has 1 aliphatic heterocycles. The smallest absolute Gasteiger partial charge is 0.239 e. The van der Waals surface area contributed by atoms with Crippen molar-refractivity contribution in [2.24, 2.45) is 10.2 Å². The molecule has 0 radical (unpaired) electrons. The zero-order valence-corrected chi connectivity index (χ0v) is 14.3. The van der Waals surface area contributed by atoms with Gasteiger partial charge in [0.25, 0.3) is 0 Å². The van der Waals surface area contributed by atoms with Crippen molar-refractivity contribution in [1.29, 1.82) is 0 Å². The predicted molar refractivity (Wildman–Crippen MR) is 101 cm³/mol. The van der Waals surface area contributed by atoms with E-state index in [4.69, 9.17) is 0 Å². The Bertz CT molecular complexity index is 754. The van der Waals surface area contributed by atoms with Crippen LogP contribution >= 0.6 is 11.8 Å². The molecule has 1 N–H and O–H groups in total. The third kappa shape index (κ3) is 4.32. The molecule has 3 rings (SSSR count). The van der Waals surface area contributed by atoms with Crippen molar-refractivity contribution in [1.82, 2.24) is 5.32 Å². The molecular formula is C19H19N3OS. The van der Waals surface area contributed by atoms with E-state index < -0.39 is 0 Å². The number of amidine groups is 1. The summed E-state index contributed by atoms with van der Waals surface area (Å²) >= 11 is 1.43. The Hall–Kier alpha value is -2.40. The van der Waals surface area contributed by atoms with Crippen molar-refractivity contribution >= 4 is 29.1 Å². The molecule has 1 aliphatic rings. The molecule has 1 heterocycles. The highest BCUT2D eigenvalue weighted by molar-refractivity contribution is 8.15. The van der Waals surface area contributed by atoms with Gasteiger partial charge in [0.1, 0.15) is 0 Å². The third-order valence-corrected chi connectivity index (χ3v) is 4.86. The summed E-state index contributed by atoms with van der Waals surface area (Å²) in [6.07, 6.45) is 3.40. The van der Waals surface area contributed by atoms with Crippen LogP contribution in [0.2, 0.25) is 0 Å². The topological polar surface area (TPSA) is 53.8 Å². The lowest BCUT2D eigenvalue weighted by Crippen LogP contribution is -2.25. The van der Waals surface area contributed by atoms with Gasteiger partial charge in [-0.2, -0.15) is 5.10 Å². The van der Waals surface area contributed by atoms with E-state index in [2.05, 4.69) is 46.7 Å². The van der Waals surface area contributed by atoms with Crippen molar-refractivity contribution in [2.75, 3.05) is 0 Å². The molecule has 1 saturated heterocycles. The van der Waals surface area contributed by atoms with Gasteiger partial charge in [0.05, 0.1) is 11.5 Å². The van der Waals surface area contributed by atoms with Gasteiger partial charge < -0.3 is 5.32 Å². The first-order valence-electron chi connectivity index (χ1n) is 7.96. The first-order valence-corrected chi connectivity index (χ1v) is 8.84. The highest BCUT2D eigenvalue weighted by Crippen LogP contribution is 2.23. The van der Waals surface area contributed by atoms with Gasteiger partial charge in [-0.1, -0.05) is 73.3 Å². The van der Waals surface area contributed by atoms with Gasteiger partial charge >= 0.3 is 0 Å². The van der Waals surface area contributed by atoms with Crippen molar-refractivity contribution in [3.05, 3.63) is 71.3 Å². The molecule has 0 spiro atoms. The number of nitrogens with zero attached hydrogens (tertiary/aromatic N) is 2. The normalized spacial score (nSPS) is 19.1. The van der Waals surface area contributed by atoms with E-state index >= 15 is 0 Å². The highest BCUT2D eigenvalue weighted by atomic mass is 32.2. The number of thioether (sulfide) groups is 1. The number of aryl methyl sites for hydroxylation is 1. The molecule has 0 saturated carbocycles. The zero-order chi connectivity index (χ0) is 16.8. The Labute approximate surface area is 146 Å². The molecule has 1 amide bonds. The van der Waals surface area contributed by atoms with Crippen molar-refractivity contribution < 1.29 is 4.79 Å². The summed E-state index contributed by atoms with van der Waals surface area (Å²) in [6, 6.07) is 18.2. The first kappa shape index (κ1) is 16.5. The summed E-state index contributed by atoms with van der Waals surface area (Å²) in [6.45, 7) is 2.13. The molecule has 122 valence electrons. The van der Waals surface area contributed by atoms with E-state index in [-0.39, 0.29) is 11.2 Å². The number of benzene rings is 2. The largest absolute Gasteiger partial charge is 0.303 e. The maximum atomic E-state index is 12.1. The molecule has 0 aromatic heterocycles. The fourth-order valence-corrected chi connectivity index (χ4v) is 3.36. The number of rotatable bonds is 5. The lowest BCUT2D eigenvalue weighted by Gasteiger charge is -2.06. The number of hydrogen-bond acceptors (Lipinski definition) is 4. The van der Waals surface area contributed by atoms with Crippen LogP contribution in [0.15, 0.2) is 64.8 Å². The Balaban J connectivity index is 1.60. The average molecular weight is 337 g/mol. The molecule has 2 aromatic carbocycles. The number of hydrogen-bond donors (Lipinski definition) is 1. The van der Waals surface area contributed by atoms with Gasteiger partial charge in [-0.15, -0.1) is 5.10 Å². The molecule has 2 aromatic rings. The minimum absolute atomic E-state index is 0.00627. The van der Waals surface area contributed by atoms with Gasteiger partial charge in [0.2, 0.25) is 5.91 Å². The summed E-state index contributed by atoms with van der Waals surface area (Å²) in [7, 11) is 0. The lowest BCUT2D eigenvalue weighted by atomic mass is 10.1. The summed E-state index contributed by atoms with van der Waals surface area (Å²) in [5.74, 6) is -0.00627. The summed E-state index contributed by atoms with van der Waals surface area (Å²) in [4.78, 5) is 12.1. The van der Waals surface area contributed by atoms with E-state index in [1.807, 2.05) is 30.3 Å². The maximum Gasteiger partial charge on any atom is 0.239 e. The maximum absolute atomic E-state index is 12.1. The van der Waals surface area contributed by atoms with Gasteiger partial charge in [-0.05, 0) is 29.5 Å². The van der Waals surface area contributed by atoms with E-state index in [0.29, 0.717) is 11.6 Å². The minimum Gasteiger partial charge on any atom is -0.303 e. The van der Waals surface area contributed by atoms with Crippen LogP contribution in [-0.2, 0) is 17.6 Å². The van der Waals surface area contributed by atoms with Crippen LogP contribution in [0.3, 0.4) is 0 Å². The third-order valence-electron chi connectivity index (χ3n) is 3.78. The van der Waals surface area contributed by atoms with E-state index in [9.17, 15) is 4.79 Å². The SMILES string of the molecule is CCc1ccc(CC2S/C(=N/N=Cc3ccccc3)NC2=O)cc1. The standard InChI is InChI=1S/C19H19N3OS/c1-2-14-8-10-15(11-9-14)12-17-18(23)21-19(24-17)22-20-13-16-6-4-3-5-7-16/h3-11,13,17H,2,12H2,1H3,(H,21,22,23). The molecule has 1 atom stereocenters. The van der Waals surface area contributed by atoms with Crippen LogP contribution < -0.4 is 5.32 Å². The Morgan fingerprint density at radius 3 is 2.50 bits per heavy atom. The summed E-state index contributed by atoms with van der Waals surface area (Å²) < 4.78 is 0. The Kier molecular flexibility index (Phi) is 5.43. The fourth-order valence-electron chi connectivity index (χ4n) is 2.40. The van der Waals surface area contributed by atoms with Crippen molar-refractivity contribution in [2.45, 2.75) is 25.0 Å². The van der Waals surface area contributed by atoms with Crippen LogP contribution in [0, 0.1) is 0 Å². The number of amides is 1. The molecule has 0 bridgehead atoms. The van der Waals surface area contributed by atoms with E-state index in [0.717, 1.165) is 17.5 Å². The van der Waals surface area contributed by atoms with E-state index in [1.165, 1.54) is 17.3 Å². The second kappa shape index (κ2) is 7.93.